The molecule has 5 nitrogen and oxygen atoms in total. The number of rotatable bonds is 9. The largest absolute Gasteiger partial charge is 0.494 e. The van der Waals surface area contributed by atoms with Crippen molar-refractivity contribution in [2.45, 2.75) is 33.6 Å². The van der Waals surface area contributed by atoms with Crippen molar-refractivity contribution in [3.63, 3.8) is 0 Å². The van der Waals surface area contributed by atoms with Crippen LogP contribution in [0, 0.1) is 13.8 Å². The number of anilines is 1. The van der Waals surface area contributed by atoms with Crippen LogP contribution in [0.5, 0.6) is 5.75 Å². The highest BCUT2D eigenvalue weighted by molar-refractivity contribution is 7.22. The molecule has 2 aromatic carbocycles. The molecular weight excluding hydrogens is 394 g/mol. The second-order valence-corrected chi connectivity index (χ2v) is 8.88. The van der Waals surface area contributed by atoms with Crippen LogP contribution in [0.2, 0.25) is 0 Å². The lowest BCUT2D eigenvalue weighted by Crippen LogP contribution is -2.34. The first-order valence-corrected chi connectivity index (χ1v) is 11.2. The number of hydrogen-bond donors (Lipinski definition) is 0. The maximum absolute atomic E-state index is 13.3. The zero-order valence-corrected chi connectivity index (χ0v) is 19.4. The zero-order chi connectivity index (χ0) is 21.7. The molecule has 0 aliphatic rings. The number of thiazole rings is 1. The first-order chi connectivity index (χ1) is 14.4. The lowest BCUT2D eigenvalue weighted by atomic mass is 10.0. The Kier molecular flexibility index (Phi) is 7.45. The quantitative estimate of drug-likeness (QED) is 0.492. The molecule has 0 unspecified atom stereocenters. The van der Waals surface area contributed by atoms with Gasteiger partial charge in [0.05, 0.1) is 23.2 Å². The van der Waals surface area contributed by atoms with Gasteiger partial charge in [0, 0.05) is 6.54 Å². The van der Waals surface area contributed by atoms with E-state index in [1.54, 1.807) is 11.3 Å². The number of hydrogen-bond acceptors (Lipinski definition) is 5. The number of amides is 1. The molecule has 0 saturated carbocycles. The summed E-state index contributed by atoms with van der Waals surface area (Å²) in [5.41, 5.74) is 4.34. The highest BCUT2D eigenvalue weighted by Crippen LogP contribution is 2.32. The maximum Gasteiger partial charge on any atom is 0.233 e. The Morgan fingerprint density at radius 1 is 1.10 bits per heavy atom. The van der Waals surface area contributed by atoms with Crippen LogP contribution in [-0.4, -0.2) is 49.6 Å². The maximum atomic E-state index is 13.3. The van der Waals surface area contributed by atoms with E-state index in [0.29, 0.717) is 19.6 Å². The molecule has 1 heterocycles. The van der Waals surface area contributed by atoms with Crippen molar-refractivity contribution in [1.29, 1.82) is 0 Å². The molecule has 0 aliphatic carbocycles. The summed E-state index contributed by atoms with van der Waals surface area (Å²) in [7, 11) is 4.10. The number of carbonyl (C=O) groups is 1. The number of aromatic nitrogens is 1. The van der Waals surface area contributed by atoms with E-state index in [2.05, 4.69) is 51.0 Å². The number of aryl methyl sites for hydroxylation is 2. The van der Waals surface area contributed by atoms with E-state index in [9.17, 15) is 4.79 Å². The Morgan fingerprint density at radius 3 is 2.60 bits per heavy atom. The molecule has 0 fully saturated rings. The van der Waals surface area contributed by atoms with E-state index in [4.69, 9.17) is 9.72 Å². The molecule has 0 spiro atoms. The van der Waals surface area contributed by atoms with E-state index in [1.807, 2.05) is 30.0 Å². The van der Waals surface area contributed by atoms with Crippen LogP contribution >= 0.6 is 11.3 Å². The van der Waals surface area contributed by atoms with Gasteiger partial charge in [0.25, 0.3) is 0 Å². The second-order valence-electron chi connectivity index (χ2n) is 7.87. The monoisotopic (exact) mass is 425 g/mol. The zero-order valence-electron chi connectivity index (χ0n) is 18.6. The van der Waals surface area contributed by atoms with Crippen molar-refractivity contribution >= 4 is 32.6 Å². The standard InChI is InChI=1S/C24H31N3O2S/c1-6-29-20-10-11-21-22(16-20)30-24(25-21)27(13-7-12-26(4)5)23(28)15-19-9-8-17(2)14-18(19)3/h8-11,14,16H,6-7,12-13,15H2,1-5H3. The van der Waals surface area contributed by atoms with Crippen LogP contribution in [0.1, 0.15) is 30.0 Å². The highest BCUT2D eigenvalue weighted by Gasteiger charge is 2.21. The van der Waals surface area contributed by atoms with Gasteiger partial charge >= 0.3 is 0 Å². The lowest BCUT2D eigenvalue weighted by molar-refractivity contribution is -0.118. The van der Waals surface area contributed by atoms with E-state index in [-0.39, 0.29) is 5.91 Å². The van der Waals surface area contributed by atoms with Gasteiger partial charge in [-0.3, -0.25) is 9.69 Å². The van der Waals surface area contributed by atoms with Gasteiger partial charge in [0.2, 0.25) is 5.91 Å². The molecule has 1 amide bonds. The van der Waals surface area contributed by atoms with Crippen molar-refractivity contribution in [1.82, 2.24) is 9.88 Å². The minimum Gasteiger partial charge on any atom is -0.494 e. The molecule has 0 bridgehead atoms. The summed E-state index contributed by atoms with van der Waals surface area (Å²) in [6.07, 6.45) is 1.28. The van der Waals surface area contributed by atoms with Crippen molar-refractivity contribution in [2.75, 3.05) is 38.7 Å². The van der Waals surface area contributed by atoms with E-state index >= 15 is 0 Å². The Labute approximate surface area is 183 Å². The van der Waals surface area contributed by atoms with E-state index in [0.717, 1.165) is 45.2 Å². The van der Waals surface area contributed by atoms with Crippen molar-refractivity contribution in [3.05, 3.63) is 53.1 Å². The molecule has 0 aliphatic heterocycles. The molecule has 1 aromatic heterocycles. The highest BCUT2D eigenvalue weighted by atomic mass is 32.1. The normalized spacial score (nSPS) is 11.3. The summed E-state index contributed by atoms with van der Waals surface area (Å²) in [5.74, 6) is 0.922. The Morgan fingerprint density at radius 2 is 1.90 bits per heavy atom. The summed E-state index contributed by atoms with van der Waals surface area (Å²) >= 11 is 1.55. The third-order valence-electron chi connectivity index (χ3n) is 5.02. The number of benzene rings is 2. The molecule has 3 aromatic rings. The number of carbonyl (C=O) groups excluding carboxylic acids is 1. The topological polar surface area (TPSA) is 45.7 Å². The second kappa shape index (κ2) is 10.0. The van der Waals surface area contributed by atoms with Crippen LogP contribution in [-0.2, 0) is 11.2 Å². The summed E-state index contributed by atoms with van der Waals surface area (Å²) in [4.78, 5) is 22.1. The van der Waals surface area contributed by atoms with Crippen LogP contribution in [0.4, 0.5) is 5.13 Å². The van der Waals surface area contributed by atoms with Gasteiger partial charge in [-0.15, -0.1) is 0 Å². The van der Waals surface area contributed by atoms with Crippen LogP contribution in [0.15, 0.2) is 36.4 Å². The molecule has 30 heavy (non-hydrogen) atoms. The van der Waals surface area contributed by atoms with E-state index in [1.165, 1.54) is 5.56 Å². The van der Waals surface area contributed by atoms with Gasteiger partial charge in [-0.05, 0) is 77.2 Å². The average Bonchev–Trinajstić information content (AvgIpc) is 3.10. The minimum atomic E-state index is 0.0878. The van der Waals surface area contributed by atoms with Crippen LogP contribution in [0.3, 0.4) is 0 Å². The smallest absolute Gasteiger partial charge is 0.233 e. The molecule has 6 heteroatoms. The summed E-state index contributed by atoms with van der Waals surface area (Å²) < 4.78 is 6.65. The van der Waals surface area contributed by atoms with Gasteiger partial charge in [0.1, 0.15) is 5.75 Å². The molecule has 3 rings (SSSR count). The predicted molar refractivity (Wildman–Crippen MR) is 126 cm³/mol. The first kappa shape index (κ1) is 22.2. The molecule has 0 N–H and O–H groups in total. The fraction of sp³-hybridized carbons (Fsp3) is 0.417. The van der Waals surface area contributed by atoms with Gasteiger partial charge in [-0.25, -0.2) is 4.98 Å². The van der Waals surface area contributed by atoms with Gasteiger partial charge < -0.3 is 9.64 Å². The predicted octanol–water partition coefficient (Wildman–Crippen LogP) is 4.84. The van der Waals surface area contributed by atoms with Gasteiger partial charge in [-0.1, -0.05) is 35.1 Å². The Balaban J connectivity index is 1.87. The third-order valence-corrected chi connectivity index (χ3v) is 6.06. The summed E-state index contributed by atoms with van der Waals surface area (Å²) in [6.45, 7) is 8.32. The van der Waals surface area contributed by atoms with Crippen molar-refractivity contribution in [2.24, 2.45) is 0 Å². The van der Waals surface area contributed by atoms with E-state index < -0.39 is 0 Å². The number of ether oxygens (including phenoxy) is 1. The first-order valence-electron chi connectivity index (χ1n) is 10.4. The lowest BCUT2D eigenvalue weighted by Gasteiger charge is -2.21. The molecule has 0 saturated heterocycles. The molecule has 0 atom stereocenters. The average molecular weight is 426 g/mol. The molecule has 0 radical (unpaired) electrons. The summed E-state index contributed by atoms with van der Waals surface area (Å²) in [6, 6.07) is 12.2. The minimum absolute atomic E-state index is 0.0878. The van der Waals surface area contributed by atoms with Crippen LogP contribution < -0.4 is 9.64 Å². The SMILES string of the molecule is CCOc1ccc2nc(N(CCCN(C)C)C(=O)Cc3ccc(C)cc3C)sc2c1. The fourth-order valence-corrected chi connectivity index (χ4v) is 4.48. The van der Waals surface area contributed by atoms with Crippen molar-refractivity contribution in [3.8, 4) is 5.75 Å². The number of nitrogens with zero attached hydrogens (tertiary/aromatic N) is 3. The van der Waals surface area contributed by atoms with Crippen LogP contribution in [0.25, 0.3) is 10.2 Å². The molecule has 160 valence electrons. The molecular formula is C24H31N3O2S. The Bertz CT molecular complexity index is 1010. The Hall–Kier alpha value is -2.44. The summed E-state index contributed by atoms with van der Waals surface area (Å²) in [5, 5.41) is 0.757. The van der Waals surface area contributed by atoms with Crippen molar-refractivity contribution < 1.29 is 9.53 Å². The fourth-order valence-electron chi connectivity index (χ4n) is 3.44. The third kappa shape index (κ3) is 5.58. The van der Waals surface area contributed by atoms with Gasteiger partial charge in [0.15, 0.2) is 5.13 Å². The van der Waals surface area contributed by atoms with Gasteiger partial charge in [-0.2, -0.15) is 0 Å². The number of fused-ring (bicyclic) bond motifs is 1.